The molecule has 0 aliphatic rings. The summed E-state index contributed by atoms with van der Waals surface area (Å²) < 4.78 is 5.45. The molecule has 17 heavy (non-hydrogen) atoms. The van der Waals surface area contributed by atoms with E-state index in [1.165, 1.54) is 6.20 Å². The third-order valence-corrected chi connectivity index (χ3v) is 3.08. The zero-order valence-corrected chi connectivity index (χ0v) is 10.2. The molecule has 2 aromatic rings. The molecule has 1 atom stereocenters. The SMILES string of the molecule is Cc1ccc(C(C)Nc2ncc([N+](=O)[O-])s2)o1. The van der Waals surface area contributed by atoms with Gasteiger partial charge in [-0.3, -0.25) is 10.1 Å². The Labute approximate surface area is 101 Å². The molecule has 1 unspecified atom stereocenters. The third-order valence-electron chi connectivity index (χ3n) is 2.20. The molecule has 0 aliphatic carbocycles. The van der Waals surface area contributed by atoms with Crippen LogP contribution in [0.25, 0.3) is 0 Å². The Morgan fingerprint density at radius 1 is 1.59 bits per heavy atom. The van der Waals surface area contributed by atoms with Crippen LogP contribution in [0.3, 0.4) is 0 Å². The van der Waals surface area contributed by atoms with Crippen molar-refractivity contribution in [3.8, 4) is 0 Å². The van der Waals surface area contributed by atoms with E-state index in [9.17, 15) is 10.1 Å². The van der Waals surface area contributed by atoms with Gasteiger partial charge in [0.05, 0.1) is 11.0 Å². The Hall–Kier alpha value is -1.89. The van der Waals surface area contributed by atoms with Gasteiger partial charge in [0.2, 0.25) is 0 Å². The lowest BCUT2D eigenvalue weighted by Crippen LogP contribution is -2.04. The van der Waals surface area contributed by atoms with Gasteiger partial charge in [-0.15, -0.1) is 0 Å². The highest BCUT2D eigenvalue weighted by molar-refractivity contribution is 7.18. The Morgan fingerprint density at radius 2 is 2.35 bits per heavy atom. The summed E-state index contributed by atoms with van der Waals surface area (Å²) in [5.41, 5.74) is 0. The van der Waals surface area contributed by atoms with Gasteiger partial charge in [-0.2, -0.15) is 0 Å². The third kappa shape index (κ3) is 2.62. The monoisotopic (exact) mass is 253 g/mol. The Morgan fingerprint density at radius 3 is 2.88 bits per heavy atom. The lowest BCUT2D eigenvalue weighted by molar-refractivity contribution is -0.380. The fourth-order valence-electron chi connectivity index (χ4n) is 1.36. The van der Waals surface area contributed by atoms with Crippen molar-refractivity contribution >= 4 is 21.5 Å². The summed E-state index contributed by atoms with van der Waals surface area (Å²) in [4.78, 5) is 14.0. The van der Waals surface area contributed by atoms with Crippen molar-refractivity contribution in [3.63, 3.8) is 0 Å². The quantitative estimate of drug-likeness (QED) is 0.668. The van der Waals surface area contributed by atoms with E-state index in [0.717, 1.165) is 22.9 Å². The molecule has 0 aliphatic heterocycles. The summed E-state index contributed by atoms with van der Waals surface area (Å²) in [7, 11) is 0. The first kappa shape index (κ1) is 11.6. The minimum Gasteiger partial charge on any atom is -0.464 e. The summed E-state index contributed by atoms with van der Waals surface area (Å²) in [6.45, 7) is 3.77. The maximum Gasteiger partial charge on any atom is 0.345 e. The van der Waals surface area contributed by atoms with E-state index < -0.39 is 4.92 Å². The molecule has 0 saturated heterocycles. The number of furan rings is 1. The molecule has 0 aromatic carbocycles. The molecule has 0 amide bonds. The van der Waals surface area contributed by atoms with Crippen LogP contribution in [0.1, 0.15) is 24.5 Å². The van der Waals surface area contributed by atoms with E-state index in [4.69, 9.17) is 4.42 Å². The smallest absolute Gasteiger partial charge is 0.345 e. The fraction of sp³-hybridized carbons (Fsp3) is 0.300. The largest absolute Gasteiger partial charge is 0.464 e. The zero-order valence-electron chi connectivity index (χ0n) is 9.34. The van der Waals surface area contributed by atoms with Gasteiger partial charge in [-0.25, -0.2) is 4.98 Å². The fourth-order valence-corrected chi connectivity index (χ4v) is 2.08. The normalized spacial score (nSPS) is 12.4. The number of rotatable bonds is 4. The second-order valence-corrected chi connectivity index (χ2v) is 4.58. The zero-order chi connectivity index (χ0) is 12.4. The maximum atomic E-state index is 10.5. The van der Waals surface area contributed by atoms with E-state index in [1.807, 2.05) is 26.0 Å². The highest BCUT2D eigenvalue weighted by Crippen LogP contribution is 2.28. The summed E-state index contributed by atoms with van der Waals surface area (Å²) in [6, 6.07) is 3.67. The number of nitrogens with zero attached hydrogens (tertiary/aromatic N) is 2. The number of nitrogens with one attached hydrogen (secondary N) is 1. The van der Waals surface area contributed by atoms with Gasteiger partial charge in [-0.1, -0.05) is 0 Å². The summed E-state index contributed by atoms with van der Waals surface area (Å²) in [6.07, 6.45) is 1.24. The van der Waals surface area contributed by atoms with Crippen molar-refractivity contribution in [1.29, 1.82) is 0 Å². The van der Waals surface area contributed by atoms with Crippen molar-refractivity contribution in [2.45, 2.75) is 19.9 Å². The van der Waals surface area contributed by atoms with Crippen molar-refractivity contribution in [2.75, 3.05) is 5.32 Å². The number of anilines is 1. The molecule has 2 aromatic heterocycles. The van der Waals surface area contributed by atoms with Crippen LogP contribution >= 0.6 is 11.3 Å². The standard InChI is InChI=1S/C10H11N3O3S/c1-6-3-4-8(16-6)7(2)12-10-11-5-9(17-10)13(14)15/h3-5,7H,1-2H3,(H,11,12). The molecule has 0 spiro atoms. The van der Waals surface area contributed by atoms with Gasteiger partial charge in [0.25, 0.3) is 0 Å². The molecule has 1 N–H and O–H groups in total. The Bertz CT molecular complexity index is 534. The van der Waals surface area contributed by atoms with E-state index in [1.54, 1.807) is 0 Å². The van der Waals surface area contributed by atoms with Crippen LogP contribution in [-0.2, 0) is 0 Å². The van der Waals surface area contributed by atoms with Gasteiger partial charge in [0, 0.05) is 0 Å². The number of thiazole rings is 1. The van der Waals surface area contributed by atoms with Crippen LogP contribution in [0.5, 0.6) is 0 Å². The number of aryl methyl sites for hydroxylation is 1. The summed E-state index contributed by atoms with van der Waals surface area (Å²) in [5.74, 6) is 1.61. The van der Waals surface area contributed by atoms with Crippen LogP contribution in [0, 0.1) is 17.0 Å². The summed E-state index contributed by atoms with van der Waals surface area (Å²) >= 11 is 1.01. The molecule has 7 heteroatoms. The highest BCUT2D eigenvalue weighted by Gasteiger charge is 2.15. The van der Waals surface area contributed by atoms with Crippen molar-refractivity contribution in [2.24, 2.45) is 0 Å². The first-order chi connectivity index (χ1) is 8.06. The molecule has 90 valence electrons. The second kappa shape index (κ2) is 4.54. The average molecular weight is 253 g/mol. The number of hydrogen-bond donors (Lipinski definition) is 1. The molecule has 0 bridgehead atoms. The Balaban J connectivity index is 2.07. The first-order valence-electron chi connectivity index (χ1n) is 4.99. The number of nitro groups is 1. The first-order valence-corrected chi connectivity index (χ1v) is 5.81. The predicted molar refractivity (Wildman–Crippen MR) is 64.3 cm³/mol. The van der Waals surface area contributed by atoms with E-state index in [-0.39, 0.29) is 11.0 Å². The van der Waals surface area contributed by atoms with Crippen LogP contribution in [0.2, 0.25) is 0 Å². The van der Waals surface area contributed by atoms with Gasteiger partial charge in [-0.05, 0) is 37.3 Å². The van der Waals surface area contributed by atoms with Crippen LogP contribution < -0.4 is 5.32 Å². The van der Waals surface area contributed by atoms with Gasteiger partial charge < -0.3 is 9.73 Å². The Kier molecular flexibility index (Phi) is 3.10. The molecule has 2 rings (SSSR count). The lowest BCUT2D eigenvalue weighted by atomic mass is 10.2. The molecule has 6 nitrogen and oxygen atoms in total. The van der Waals surface area contributed by atoms with E-state index in [2.05, 4.69) is 10.3 Å². The van der Waals surface area contributed by atoms with Crippen LogP contribution in [0.4, 0.5) is 10.1 Å². The minimum atomic E-state index is -0.454. The highest BCUT2D eigenvalue weighted by atomic mass is 32.1. The van der Waals surface area contributed by atoms with E-state index >= 15 is 0 Å². The topological polar surface area (TPSA) is 81.2 Å². The number of hydrogen-bond acceptors (Lipinski definition) is 6. The van der Waals surface area contributed by atoms with Crippen molar-refractivity contribution in [3.05, 3.63) is 40.0 Å². The predicted octanol–water partition coefficient (Wildman–Crippen LogP) is 3.13. The summed E-state index contributed by atoms with van der Waals surface area (Å²) in [5, 5.41) is 14.1. The maximum absolute atomic E-state index is 10.5. The molecule has 2 heterocycles. The minimum absolute atomic E-state index is 0.0234. The molecule has 0 fully saturated rings. The molecular formula is C10H11N3O3S. The second-order valence-electron chi connectivity index (χ2n) is 3.58. The van der Waals surface area contributed by atoms with Gasteiger partial charge in [0.1, 0.15) is 17.7 Å². The van der Waals surface area contributed by atoms with Crippen molar-refractivity contribution in [1.82, 2.24) is 4.98 Å². The van der Waals surface area contributed by atoms with Gasteiger partial charge >= 0.3 is 5.00 Å². The van der Waals surface area contributed by atoms with Crippen molar-refractivity contribution < 1.29 is 9.34 Å². The van der Waals surface area contributed by atoms with E-state index in [0.29, 0.717) is 5.13 Å². The molecule has 0 saturated carbocycles. The number of aromatic nitrogens is 1. The average Bonchev–Trinajstić information content (AvgIpc) is 2.86. The van der Waals surface area contributed by atoms with Crippen LogP contribution in [-0.4, -0.2) is 9.91 Å². The molecular weight excluding hydrogens is 242 g/mol. The molecule has 0 radical (unpaired) electrons. The lowest BCUT2D eigenvalue weighted by Gasteiger charge is -2.08. The van der Waals surface area contributed by atoms with Gasteiger partial charge in [0.15, 0.2) is 5.13 Å². The van der Waals surface area contributed by atoms with Crippen LogP contribution in [0.15, 0.2) is 22.7 Å².